The van der Waals surface area contributed by atoms with Crippen LogP contribution < -0.4 is 9.64 Å². The van der Waals surface area contributed by atoms with Crippen molar-refractivity contribution in [2.75, 3.05) is 12.0 Å². The minimum atomic E-state index is -4.80. The molecule has 10 heteroatoms. The topological polar surface area (TPSA) is 55.8 Å². The molecule has 3 rings (SSSR count). The van der Waals surface area contributed by atoms with Crippen molar-refractivity contribution in [2.45, 2.75) is 12.9 Å². The normalized spacial score (nSPS) is 11.1. The van der Waals surface area contributed by atoms with Crippen LogP contribution in [0.15, 0.2) is 66.7 Å². The fourth-order valence-corrected chi connectivity index (χ4v) is 3.75. The van der Waals surface area contributed by atoms with Crippen LogP contribution in [0, 0.1) is 0 Å². The van der Waals surface area contributed by atoms with Crippen LogP contribution in [0.3, 0.4) is 0 Å². The van der Waals surface area contributed by atoms with Gasteiger partial charge in [0, 0.05) is 0 Å². The van der Waals surface area contributed by atoms with Gasteiger partial charge in [0.25, 0.3) is 0 Å². The number of nitrogens with zero attached hydrogens (tertiary/aromatic N) is 1. The van der Waals surface area contributed by atoms with E-state index in [1.807, 2.05) is 0 Å². The number of amides is 1. The van der Waals surface area contributed by atoms with Crippen molar-refractivity contribution in [3.63, 3.8) is 0 Å². The molecule has 172 valence electrons. The van der Waals surface area contributed by atoms with Gasteiger partial charge in [-0.3, -0.25) is 9.69 Å². The number of carbonyl (C=O) groups excluding carboxylic acids is 2. The second-order valence-corrected chi connectivity index (χ2v) is 7.54. The lowest BCUT2D eigenvalue weighted by Crippen LogP contribution is -2.37. The molecule has 3 aromatic carbocycles. The zero-order valence-corrected chi connectivity index (χ0v) is 18.5. The number of anilines is 1. The van der Waals surface area contributed by atoms with Crippen LogP contribution in [-0.4, -0.2) is 25.3 Å². The SMILES string of the molecule is COC(=O)C(=O)N(Cc1ccccc1)c1c(Cl)cc(-c2ccc(OC(F)(F)F)cc2)cc1Cl. The van der Waals surface area contributed by atoms with E-state index in [1.165, 1.54) is 24.3 Å². The molecule has 0 aliphatic carbocycles. The number of hydrogen-bond donors (Lipinski definition) is 0. The molecule has 33 heavy (non-hydrogen) atoms. The molecule has 0 heterocycles. The predicted molar refractivity (Wildman–Crippen MR) is 118 cm³/mol. The number of halogens is 5. The zero-order valence-electron chi connectivity index (χ0n) is 17.0. The lowest BCUT2D eigenvalue weighted by atomic mass is 10.0. The average Bonchev–Trinajstić information content (AvgIpc) is 2.77. The Balaban J connectivity index is 1.98. The van der Waals surface area contributed by atoms with Gasteiger partial charge in [-0.25, -0.2) is 4.79 Å². The summed E-state index contributed by atoms with van der Waals surface area (Å²) in [5.74, 6) is -2.44. The summed E-state index contributed by atoms with van der Waals surface area (Å²) >= 11 is 12.9. The third kappa shape index (κ3) is 6.18. The van der Waals surface area contributed by atoms with Crippen molar-refractivity contribution in [3.05, 3.63) is 82.3 Å². The molecule has 3 aromatic rings. The van der Waals surface area contributed by atoms with Crippen LogP contribution in [0.1, 0.15) is 5.56 Å². The van der Waals surface area contributed by atoms with E-state index in [0.29, 0.717) is 16.7 Å². The Hall–Kier alpha value is -3.23. The fraction of sp³-hybridized carbons (Fsp3) is 0.130. The molecule has 0 N–H and O–H groups in total. The highest BCUT2D eigenvalue weighted by Crippen LogP contribution is 2.39. The minimum absolute atomic E-state index is 0.00294. The molecule has 0 fully saturated rings. The van der Waals surface area contributed by atoms with Crippen LogP contribution in [0.5, 0.6) is 5.75 Å². The van der Waals surface area contributed by atoms with E-state index in [-0.39, 0.29) is 28.0 Å². The molecule has 1 amide bonds. The first-order chi connectivity index (χ1) is 15.6. The van der Waals surface area contributed by atoms with E-state index in [2.05, 4.69) is 9.47 Å². The Kier molecular flexibility index (Phi) is 7.50. The smallest absolute Gasteiger partial charge is 0.462 e. The Labute approximate surface area is 197 Å². The molecule has 0 aliphatic rings. The number of benzene rings is 3. The third-order valence-electron chi connectivity index (χ3n) is 4.50. The van der Waals surface area contributed by atoms with E-state index in [1.54, 1.807) is 30.3 Å². The summed E-state index contributed by atoms with van der Waals surface area (Å²) in [5, 5.41) is 0.114. The van der Waals surface area contributed by atoms with Crippen LogP contribution in [-0.2, 0) is 20.9 Å². The fourth-order valence-electron chi connectivity index (χ4n) is 3.05. The molecule has 0 unspecified atom stereocenters. The Bertz CT molecular complexity index is 1130. The van der Waals surface area contributed by atoms with E-state index in [9.17, 15) is 22.8 Å². The van der Waals surface area contributed by atoms with Crippen molar-refractivity contribution in [1.29, 1.82) is 0 Å². The number of ether oxygens (including phenoxy) is 2. The van der Waals surface area contributed by atoms with Crippen LogP contribution in [0.25, 0.3) is 11.1 Å². The zero-order chi connectivity index (χ0) is 24.2. The second kappa shape index (κ2) is 10.1. The maximum atomic E-state index is 12.7. The van der Waals surface area contributed by atoms with E-state index < -0.39 is 18.2 Å². The number of rotatable bonds is 5. The molecule has 0 saturated heterocycles. The van der Waals surface area contributed by atoms with E-state index >= 15 is 0 Å². The second-order valence-electron chi connectivity index (χ2n) is 6.73. The first-order valence-corrected chi connectivity index (χ1v) is 10.1. The van der Waals surface area contributed by atoms with Gasteiger partial charge in [-0.2, -0.15) is 0 Å². The van der Waals surface area contributed by atoms with Gasteiger partial charge in [-0.1, -0.05) is 65.7 Å². The van der Waals surface area contributed by atoms with Crippen molar-refractivity contribution in [1.82, 2.24) is 0 Å². The average molecular weight is 498 g/mol. The number of hydrogen-bond acceptors (Lipinski definition) is 4. The summed E-state index contributed by atoms with van der Waals surface area (Å²) in [7, 11) is 1.08. The molecule has 0 saturated carbocycles. The van der Waals surface area contributed by atoms with Gasteiger partial charge in [-0.05, 0) is 41.0 Å². The van der Waals surface area contributed by atoms with Gasteiger partial charge in [0.15, 0.2) is 0 Å². The summed E-state index contributed by atoms with van der Waals surface area (Å²) in [6, 6.07) is 17.0. The summed E-state index contributed by atoms with van der Waals surface area (Å²) in [6.07, 6.45) is -4.80. The van der Waals surface area contributed by atoms with Crippen LogP contribution >= 0.6 is 23.2 Å². The molecular formula is C23H16Cl2F3NO4. The summed E-state index contributed by atoms with van der Waals surface area (Å²) < 4.78 is 45.5. The molecule has 5 nitrogen and oxygen atoms in total. The van der Waals surface area contributed by atoms with E-state index in [4.69, 9.17) is 23.2 Å². The van der Waals surface area contributed by atoms with Crippen molar-refractivity contribution in [3.8, 4) is 16.9 Å². The highest BCUT2D eigenvalue weighted by molar-refractivity contribution is 6.44. The van der Waals surface area contributed by atoms with Gasteiger partial charge in [0.1, 0.15) is 5.75 Å². The number of alkyl halides is 3. The highest BCUT2D eigenvalue weighted by Gasteiger charge is 2.31. The minimum Gasteiger partial charge on any atom is -0.462 e. The number of methoxy groups -OCH3 is 1. The van der Waals surface area contributed by atoms with Crippen molar-refractivity contribution >= 4 is 40.8 Å². The lowest BCUT2D eigenvalue weighted by Gasteiger charge is -2.24. The first kappa shape index (κ1) is 24.4. The maximum absolute atomic E-state index is 12.7. The Morgan fingerprint density at radius 3 is 2.00 bits per heavy atom. The monoisotopic (exact) mass is 497 g/mol. The van der Waals surface area contributed by atoms with Crippen LogP contribution in [0.2, 0.25) is 10.0 Å². The molecule has 0 aromatic heterocycles. The van der Waals surface area contributed by atoms with Gasteiger partial charge in [0.05, 0.1) is 29.4 Å². The van der Waals surface area contributed by atoms with Crippen molar-refractivity contribution in [2.24, 2.45) is 0 Å². The lowest BCUT2D eigenvalue weighted by molar-refractivity contribution is -0.274. The van der Waals surface area contributed by atoms with Crippen LogP contribution in [0.4, 0.5) is 18.9 Å². The van der Waals surface area contributed by atoms with E-state index in [0.717, 1.165) is 24.1 Å². The largest absolute Gasteiger partial charge is 0.573 e. The highest BCUT2D eigenvalue weighted by atomic mass is 35.5. The first-order valence-electron chi connectivity index (χ1n) is 9.38. The molecular weight excluding hydrogens is 482 g/mol. The molecule has 0 aliphatic heterocycles. The predicted octanol–water partition coefficient (Wildman–Crippen LogP) is 6.27. The maximum Gasteiger partial charge on any atom is 0.573 e. The molecule has 0 radical (unpaired) electrons. The number of carbonyl (C=O) groups is 2. The summed E-state index contributed by atoms with van der Waals surface area (Å²) in [6.45, 7) is -0.00294. The molecule has 0 spiro atoms. The standard InChI is InChI=1S/C23H16Cl2F3NO4/c1-32-22(31)21(30)29(13-14-5-3-2-4-6-14)20-18(24)11-16(12-19(20)25)15-7-9-17(10-8-15)33-23(26,27)28/h2-12H,13H2,1H3. The summed E-state index contributed by atoms with van der Waals surface area (Å²) in [4.78, 5) is 25.8. The van der Waals surface area contributed by atoms with Gasteiger partial charge >= 0.3 is 18.2 Å². The Morgan fingerprint density at radius 2 is 1.48 bits per heavy atom. The number of esters is 1. The molecule has 0 atom stereocenters. The van der Waals surface area contributed by atoms with Gasteiger partial charge < -0.3 is 9.47 Å². The van der Waals surface area contributed by atoms with Gasteiger partial charge in [-0.15, -0.1) is 13.2 Å². The third-order valence-corrected chi connectivity index (χ3v) is 5.07. The molecule has 0 bridgehead atoms. The van der Waals surface area contributed by atoms with Gasteiger partial charge in [0.2, 0.25) is 0 Å². The quantitative estimate of drug-likeness (QED) is 0.308. The van der Waals surface area contributed by atoms with Crippen molar-refractivity contribution < 1.29 is 32.2 Å². The summed E-state index contributed by atoms with van der Waals surface area (Å²) in [5.41, 5.74) is 1.80. The Morgan fingerprint density at radius 1 is 0.909 bits per heavy atom.